The Morgan fingerprint density at radius 2 is 2.26 bits per heavy atom. The third kappa shape index (κ3) is 1.09. The first-order valence-corrected chi connectivity index (χ1v) is 6.82. The summed E-state index contributed by atoms with van der Waals surface area (Å²) in [5.74, 6) is 0. The van der Waals surface area contributed by atoms with E-state index in [4.69, 9.17) is 4.98 Å². The van der Waals surface area contributed by atoms with E-state index in [2.05, 4.69) is 20.6 Å². The van der Waals surface area contributed by atoms with E-state index in [1.165, 1.54) is 10.6 Å². The molecule has 5 nitrogen and oxygen atoms in total. The van der Waals surface area contributed by atoms with Crippen LogP contribution in [0.3, 0.4) is 0 Å². The molecule has 5 rings (SSSR count). The monoisotopic (exact) mass is 266 g/mol. The normalized spacial score (nSPS) is 13.1. The van der Waals surface area contributed by atoms with Crippen molar-refractivity contribution >= 4 is 27.5 Å². The van der Waals surface area contributed by atoms with Crippen molar-refractivity contribution in [3.63, 3.8) is 0 Å². The highest BCUT2D eigenvalue weighted by molar-refractivity contribution is 7.20. The van der Waals surface area contributed by atoms with Crippen LogP contribution in [0.4, 0.5) is 0 Å². The Morgan fingerprint density at radius 1 is 1.26 bits per heavy atom. The number of thiazole rings is 1. The summed E-state index contributed by atoms with van der Waals surface area (Å²) in [5, 5.41) is 1.19. The van der Waals surface area contributed by atoms with Crippen molar-refractivity contribution in [1.82, 2.24) is 19.4 Å². The molecule has 0 radical (unpaired) electrons. The molecule has 0 spiro atoms. The Hall–Kier alpha value is -2.34. The van der Waals surface area contributed by atoms with E-state index >= 15 is 0 Å². The van der Waals surface area contributed by atoms with Crippen LogP contribution in [0, 0.1) is 0 Å². The average Bonchev–Trinajstić information content (AvgIpc) is 3.07. The van der Waals surface area contributed by atoms with Crippen LogP contribution in [0.5, 0.6) is 0 Å². The third-order valence-corrected chi connectivity index (χ3v) is 4.67. The Labute approximate surface area is 111 Å². The van der Waals surface area contributed by atoms with Crippen molar-refractivity contribution in [3.8, 4) is 10.7 Å². The minimum atomic E-state index is 0.857. The fourth-order valence-electron chi connectivity index (χ4n) is 2.63. The number of fused-ring (bicyclic) bond motifs is 7. The predicted octanol–water partition coefficient (Wildman–Crippen LogP) is 1.66. The van der Waals surface area contributed by atoms with E-state index < -0.39 is 0 Å². The Kier molecular flexibility index (Phi) is 1.59. The zero-order chi connectivity index (χ0) is 12.4. The van der Waals surface area contributed by atoms with Crippen LogP contribution in [-0.4, -0.2) is 19.4 Å². The Morgan fingerprint density at radius 3 is 3.26 bits per heavy atom. The molecule has 6 heteroatoms. The van der Waals surface area contributed by atoms with Crippen molar-refractivity contribution in [2.24, 2.45) is 0 Å². The minimum Gasteiger partial charge on any atom is -0.251 e. The number of hydrogen-bond donors (Lipinski definition) is 0. The summed E-state index contributed by atoms with van der Waals surface area (Å²) < 4.78 is 4.28. The molecule has 0 atom stereocenters. The molecule has 0 saturated heterocycles. The minimum absolute atomic E-state index is 0.857. The lowest BCUT2D eigenvalue weighted by atomic mass is 10.2. The van der Waals surface area contributed by atoms with E-state index in [-0.39, 0.29) is 0 Å². The molecule has 4 aromatic rings. The summed E-state index contributed by atoms with van der Waals surface area (Å²) in [4.78, 5) is 14.5. The zero-order valence-corrected chi connectivity index (χ0v) is 10.6. The quantitative estimate of drug-likeness (QED) is 0.400. The van der Waals surface area contributed by atoms with E-state index in [0.29, 0.717) is 0 Å². The summed E-state index contributed by atoms with van der Waals surface area (Å²) in [6.07, 6.45) is 5.43. The van der Waals surface area contributed by atoms with Gasteiger partial charge in [-0.1, -0.05) is 17.4 Å². The van der Waals surface area contributed by atoms with Crippen LogP contribution in [0.25, 0.3) is 26.8 Å². The fraction of sp³-hybridized carbons (Fsp3) is 0.0769. The highest BCUT2D eigenvalue weighted by atomic mass is 32.1. The number of pyridine rings is 1. The van der Waals surface area contributed by atoms with Crippen molar-refractivity contribution < 1.29 is 4.57 Å². The Balaban J connectivity index is 1.93. The lowest BCUT2D eigenvalue weighted by molar-refractivity contribution is -0.643. The first kappa shape index (κ1) is 9.57. The molecular weight excluding hydrogens is 258 g/mol. The van der Waals surface area contributed by atoms with Gasteiger partial charge in [-0.15, -0.1) is 0 Å². The highest BCUT2D eigenvalue weighted by Crippen LogP contribution is 2.33. The molecule has 0 amide bonds. The van der Waals surface area contributed by atoms with Crippen LogP contribution in [0.1, 0.15) is 5.56 Å². The van der Waals surface area contributed by atoms with Gasteiger partial charge in [-0.2, -0.15) is 0 Å². The van der Waals surface area contributed by atoms with Crippen LogP contribution in [-0.2, 0) is 6.54 Å². The number of nitrogens with zero attached hydrogens (tertiary/aromatic N) is 5. The van der Waals surface area contributed by atoms with Gasteiger partial charge in [0.1, 0.15) is 18.6 Å². The summed E-state index contributed by atoms with van der Waals surface area (Å²) in [6, 6.07) is 6.05. The molecule has 5 heterocycles. The van der Waals surface area contributed by atoms with Gasteiger partial charge < -0.3 is 0 Å². The van der Waals surface area contributed by atoms with Gasteiger partial charge in [0.15, 0.2) is 0 Å². The van der Waals surface area contributed by atoms with Gasteiger partial charge in [0.2, 0.25) is 9.84 Å². The lowest BCUT2D eigenvalue weighted by Gasteiger charge is -1.91. The molecule has 4 aromatic heterocycles. The third-order valence-electron chi connectivity index (χ3n) is 3.49. The van der Waals surface area contributed by atoms with Gasteiger partial charge >= 0.3 is 5.65 Å². The number of aromatic nitrogens is 5. The van der Waals surface area contributed by atoms with Gasteiger partial charge in [0, 0.05) is 24.0 Å². The number of imidazole rings is 1. The molecule has 0 fully saturated rings. The zero-order valence-electron chi connectivity index (χ0n) is 9.82. The average molecular weight is 266 g/mol. The maximum Gasteiger partial charge on any atom is 0.362 e. The molecule has 1 aliphatic rings. The van der Waals surface area contributed by atoms with Gasteiger partial charge in [-0.05, 0) is 11.1 Å². The number of rotatable bonds is 0. The van der Waals surface area contributed by atoms with Gasteiger partial charge in [0.05, 0.1) is 0 Å². The largest absolute Gasteiger partial charge is 0.362 e. The van der Waals surface area contributed by atoms with Gasteiger partial charge in [0.25, 0.3) is 5.65 Å². The summed E-state index contributed by atoms with van der Waals surface area (Å²) in [5.41, 5.74) is 4.32. The summed E-state index contributed by atoms with van der Waals surface area (Å²) >= 11 is 1.73. The first-order chi connectivity index (χ1) is 9.42. The first-order valence-electron chi connectivity index (χ1n) is 6.00. The van der Waals surface area contributed by atoms with Crippen molar-refractivity contribution in [1.29, 1.82) is 0 Å². The second-order valence-corrected chi connectivity index (χ2v) is 5.53. The molecule has 19 heavy (non-hydrogen) atoms. The summed E-state index contributed by atoms with van der Waals surface area (Å²) in [7, 11) is 0. The van der Waals surface area contributed by atoms with E-state index in [9.17, 15) is 0 Å². The maximum atomic E-state index is 4.70. The smallest absolute Gasteiger partial charge is 0.251 e. The van der Waals surface area contributed by atoms with Gasteiger partial charge in [-0.3, -0.25) is 4.98 Å². The van der Waals surface area contributed by atoms with E-state index in [1.807, 2.05) is 29.1 Å². The molecule has 0 aliphatic carbocycles. The SMILES string of the molecule is c1cnc2c(c1)C[n+]1c-2sc2c1nc1ccncn12. The second-order valence-electron chi connectivity index (χ2n) is 4.55. The van der Waals surface area contributed by atoms with Crippen LogP contribution in [0.15, 0.2) is 36.9 Å². The van der Waals surface area contributed by atoms with Crippen molar-refractivity contribution in [3.05, 3.63) is 42.5 Å². The summed E-state index contributed by atoms with van der Waals surface area (Å²) in [6.45, 7) is 0.857. The standard InChI is InChI=1S/C13H8N5S/c1-2-8-6-17-11-13(19-12(17)10(8)15-4-1)18-7-14-5-3-9(18)16-11/h1-5,7H,6H2/q+1. The molecule has 0 N–H and O–H groups in total. The van der Waals surface area contributed by atoms with Crippen LogP contribution in [0.2, 0.25) is 0 Å². The second kappa shape index (κ2) is 3.16. The molecule has 0 unspecified atom stereocenters. The highest BCUT2D eigenvalue weighted by Gasteiger charge is 2.32. The molecule has 0 saturated carbocycles. The lowest BCUT2D eigenvalue weighted by Crippen LogP contribution is -2.30. The fourth-order valence-corrected chi connectivity index (χ4v) is 3.84. The molecule has 90 valence electrons. The topological polar surface area (TPSA) is 47.0 Å². The van der Waals surface area contributed by atoms with Gasteiger partial charge in [-0.25, -0.2) is 14.0 Å². The predicted molar refractivity (Wildman–Crippen MR) is 70.9 cm³/mol. The van der Waals surface area contributed by atoms with Crippen LogP contribution < -0.4 is 4.57 Å². The van der Waals surface area contributed by atoms with E-state index in [0.717, 1.165) is 28.4 Å². The van der Waals surface area contributed by atoms with E-state index in [1.54, 1.807) is 17.5 Å². The maximum absolute atomic E-state index is 4.70. The Bertz CT molecular complexity index is 952. The van der Waals surface area contributed by atoms with Crippen molar-refractivity contribution in [2.45, 2.75) is 6.54 Å². The molecular formula is C13H8N5S+. The molecule has 0 bridgehead atoms. The molecule has 1 aliphatic heterocycles. The number of hydrogen-bond acceptors (Lipinski definition) is 4. The van der Waals surface area contributed by atoms with Crippen LogP contribution >= 0.6 is 11.3 Å². The van der Waals surface area contributed by atoms with Crippen molar-refractivity contribution in [2.75, 3.05) is 0 Å². The molecule has 0 aromatic carbocycles.